The summed E-state index contributed by atoms with van der Waals surface area (Å²) in [6.45, 7) is 0. The number of amidine groups is 1. The zero-order chi connectivity index (χ0) is 14.7. The summed E-state index contributed by atoms with van der Waals surface area (Å²) in [4.78, 5) is 11.7. The number of hydrogen-bond acceptors (Lipinski definition) is 4. The normalized spacial score (nSPS) is 9.62. The summed E-state index contributed by atoms with van der Waals surface area (Å²) in [5, 5.41) is 19.9. The Morgan fingerprint density at radius 2 is 2.10 bits per heavy atom. The third-order valence-corrected chi connectivity index (χ3v) is 4.17. The lowest BCUT2D eigenvalue weighted by molar-refractivity contribution is 0.0697. The van der Waals surface area contributed by atoms with Crippen molar-refractivity contribution in [3.05, 3.63) is 44.6 Å². The van der Waals surface area contributed by atoms with Gasteiger partial charge in [-0.25, -0.2) is 4.79 Å². The summed E-state index contributed by atoms with van der Waals surface area (Å²) in [5.74, 6) is -0.363. The molecule has 0 aliphatic heterocycles. The minimum atomic E-state index is -1.03. The van der Waals surface area contributed by atoms with E-state index >= 15 is 0 Å². The molecule has 2 aromatic rings. The van der Waals surface area contributed by atoms with Crippen molar-refractivity contribution in [2.75, 3.05) is 12.4 Å². The Bertz CT molecular complexity index is 675. The predicted molar refractivity (Wildman–Crippen MR) is 89.7 cm³/mol. The lowest BCUT2D eigenvalue weighted by Crippen LogP contribution is -2.12. The molecule has 3 N–H and O–H groups in total. The summed E-state index contributed by atoms with van der Waals surface area (Å²) < 4.78 is 6.09. The van der Waals surface area contributed by atoms with Crippen LogP contribution in [0.15, 0.2) is 34.1 Å². The van der Waals surface area contributed by atoms with Crippen molar-refractivity contribution >= 4 is 57.2 Å². The summed E-state index contributed by atoms with van der Waals surface area (Å²) >= 11 is 4.75. The topological polar surface area (TPSA) is 82.4 Å². The number of hydrogen-bond donors (Lipinski definition) is 3. The van der Waals surface area contributed by atoms with Crippen LogP contribution in [0.25, 0.3) is 0 Å². The largest absolute Gasteiger partial charge is 0.495 e. The summed E-state index contributed by atoms with van der Waals surface area (Å²) in [7, 11) is 1.49. The number of carboxylic acid groups (broad SMARTS) is 1. The number of methoxy groups -OCH3 is 1. The van der Waals surface area contributed by atoms with Gasteiger partial charge in [-0.3, -0.25) is 5.41 Å². The van der Waals surface area contributed by atoms with Gasteiger partial charge in [-0.1, -0.05) is 0 Å². The lowest BCUT2D eigenvalue weighted by Gasteiger charge is -2.11. The van der Waals surface area contributed by atoms with Crippen molar-refractivity contribution in [2.45, 2.75) is 0 Å². The number of rotatable bonds is 4. The van der Waals surface area contributed by atoms with Gasteiger partial charge in [-0.2, -0.15) is 0 Å². The third-order valence-electron chi connectivity index (χ3n) is 2.53. The zero-order valence-corrected chi connectivity index (χ0v) is 14.1. The molecule has 0 saturated carbocycles. The van der Waals surface area contributed by atoms with Crippen molar-refractivity contribution in [1.82, 2.24) is 0 Å². The second-order valence-corrected chi connectivity index (χ2v) is 6.29. The molecule has 0 bridgehead atoms. The summed E-state index contributed by atoms with van der Waals surface area (Å²) in [5.41, 5.74) is 0.579. The van der Waals surface area contributed by atoms with E-state index in [1.165, 1.54) is 30.6 Å². The van der Waals surface area contributed by atoms with E-state index in [0.717, 1.165) is 8.66 Å². The standard InChI is InChI=1S/C13H11BrN2O3S.ClH/c1-19-9-3-2-7(13(17)18)6-8(9)16-12(15)10-4-5-11(14)20-10;/h2-6H,1H3,(H2,15,16)(H,17,18);1H. The monoisotopic (exact) mass is 390 g/mol. The van der Waals surface area contributed by atoms with E-state index in [4.69, 9.17) is 15.3 Å². The highest BCUT2D eigenvalue weighted by molar-refractivity contribution is 9.11. The summed E-state index contributed by atoms with van der Waals surface area (Å²) in [6.07, 6.45) is 0. The maximum atomic E-state index is 11.0. The van der Waals surface area contributed by atoms with E-state index in [1.807, 2.05) is 6.07 Å². The molecule has 5 nitrogen and oxygen atoms in total. The van der Waals surface area contributed by atoms with E-state index in [2.05, 4.69) is 21.2 Å². The fraction of sp³-hybridized carbons (Fsp3) is 0.0769. The highest BCUT2D eigenvalue weighted by atomic mass is 79.9. The fourth-order valence-electron chi connectivity index (χ4n) is 1.58. The van der Waals surface area contributed by atoms with Crippen LogP contribution in [0.4, 0.5) is 5.69 Å². The average molecular weight is 392 g/mol. The second-order valence-electron chi connectivity index (χ2n) is 3.82. The first-order valence-corrected chi connectivity index (χ1v) is 7.15. The Morgan fingerprint density at radius 3 is 2.62 bits per heavy atom. The summed E-state index contributed by atoms with van der Waals surface area (Å²) in [6, 6.07) is 8.11. The number of carbonyl (C=O) groups is 1. The van der Waals surface area contributed by atoms with Crippen LogP contribution in [-0.2, 0) is 0 Å². The van der Waals surface area contributed by atoms with E-state index in [9.17, 15) is 4.79 Å². The number of ether oxygens (including phenoxy) is 1. The Morgan fingerprint density at radius 1 is 1.38 bits per heavy atom. The number of benzene rings is 1. The number of halogens is 2. The van der Waals surface area contributed by atoms with E-state index < -0.39 is 5.97 Å². The Labute approximate surface area is 140 Å². The highest BCUT2D eigenvalue weighted by Gasteiger charge is 2.12. The highest BCUT2D eigenvalue weighted by Crippen LogP contribution is 2.28. The Balaban J connectivity index is 0.00000220. The minimum absolute atomic E-state index is 0. The average Bonchev–Trinajstić information content (AvgIpc) is 2.85. The molecule has 0 saturated heterocycles. The second kappa shape index (κ2) is 7.44. The van der Waals surface area contributed by atoms with Gasteiger partial charge in [0, 0.05) is 0 Å². The number of nitrogens with one attached hydrogen (secondary N) is 2. The maximum Gasteiger partial charge on any atom is 0.335 e. The molecule has 1 aromatic heterocycles. The van der Waals surface area contributed by atoms with Crippen LogP contribution < -0.4 is 10.1 Å². The van der Waals surface area contributed by atoms with Crippen LogP contribution >= 0.6 is 39.7 Å². The molecule has 1 aromatic carbocycles. The van der Waals surface area contributed by atoms with Crippen molar-refractivity contribution in [3.63, 3.8) is 0 Å². The van der Waals surface area contributed by atoms with Gasteiger partial charge in [-0.15, -0.1) is 23.7 Å². The molecule has 8 heteroatoms. The number of anilines is 1. The van der Waals surface area contributed by atoms with Crippen LogP contribution in [0.2, 0.25) is 0 Å². The molecular weight excluding hydrogens is 380 g/mol. The Hall–Kier alpha value is -1.57. The van der Waals surface area contributed by atoms with Gasteiger partial charge in [0.1, 0.15) is 11.6 Å². The molecule has 0 radical (unpaired) electrons. The van der Waals surface area contributed by atoms with Gasteiger partial charge in [0.25, 0.3) is 0 Å². The van der Waals surface area contributed by atoms with E-state index in [0.29, 0.717) is 11.4 Å². The fourth-order valence-corrected chi connectivity index (χ4v) is 2.87. The van der Waals surface area contributed by atoms with Gasteiger partial charge in [0.05, 0.1) is 27.0 Å². The molecule has 2 rings (SSSR count). The number of thiophene rings is 1. The van der Waals surface area contributed by atoms with Gasteiger partial charge in [0.15, 0.2) is 0 Å². The molecule has 0 fully saturated rings. The molecule has 21 heavy (non-hydrogen) atoms. The van der Waals surface area contributed by atoms with Crippen LogP contribution in [0.1, 0.15) is 15.2 Å². The van der Waals surface area contributed by atoms with Crippen molar-refractivity contribution in [2.24, 2.45) is 0 Å². The maximum absolute atomic E-state index is 11.0. The molecule has 0 amide bonds. The first kappa shape index (κ1) is 17.5. The van der Waals surface area contributed by atoms with Crippen molar-refractivity contribution in [3.8, 4) is 5.75 Å². The third kappa shape index (κ3) is 4.20. The molecule has 0 aliphatic carbocycles. The smallest absolute Gasteiger partial charge is 0.335 e. The molecule has 0 unspecified atom stereocenters. The lowest BCUT2D eigenvalue weighted by atomic mass is 10.2. The molecule has 0 aliphatic rings. The quantitative estimate of drug-likeness (QED) is 0.542. The van der Waals surface area contributed by atoms with Crippen molar-refractivity contribution in [1.29, 1.82) is 5.41 Å². The minimum Gasteiger partial charge on any atom is -0.495 e. The Kier molecular flexibility index (Phi) is 6.19. The van der Waals surface area contributed by atoms with Crippen LogP contribution in [0, 0.1) is 5.41 Å². The van der Waals surface area contributed by atoms with Crippen LogP contribution in [0.5, 0.6) is 5.75 Å². The molecule has 112 valence electrons. The van der Waals surface area contributed by atoms with Crippen LogP contribution in [-0.4, -0.2) is 24.0 Å². The number of carboxylic acids is 1. The first-order chi connectivity index (χ1) is 9.51. The van der Waals surface area contributed by atoms with E-state index in [-0.39, 0.29) is 23.8 Å². The molecule has 1 heterocycles. The zero-order valence-electron chi connectivity index (χ0n) is 10.8. The predicted octanol–water partition coefficient (Wildman–Crippen LogP) is 4.08. The first-order valence-electron chi connectivity index (χ1n) is 5.54. The molecule has 0 atom stereocenters. The SMILES string of the molecule is COc1ccc(C(=O)O)cc1NC(=N)c1ccc(Br)s1.Cl. The van der Waals surface area contributed by atoms with Crippen molar-refractivity contribution < 1.29 is 14.6 Å². The van der Waals surface area contributed by atoms with Gasteiger partial charge >= 0.3 is 5.97 Å². The van der Waals surface area contributed by atoms with Gasteiger partial charge in [0.2, 0.25) is 0 Å². The molecular formula is C13H12BrClN2O3S. The number of aromatic carboxylic acids is 1. The van der Waals surface area contributed by atoms with Gasteiger partial charge < -0.3 is 15.2 Å². The van der Waals surface area contributed by atoms with Gasteiger partial charge in [-0.05, 0) is 46.3 Å². The molecule has 0 spiro atoms. The van der Waals surface area contributed by atoms with Crippen LogP contribution in [0.3, 0.4) is 0 Å². The van der Waals surface area contributed by atoms with E-state index in [1.54, 1.807) is 12.1 Å².